The van der Waals surface area contributed by atoms with E-state index in [4.69, 9.17) is 16.9 Å². The number of sulfonamides is 1. The number of likely N-dealkylation sites (N-methyl/N-ethyl adjacent to an activating group) is 1. The van der Waals surface area contributed by atoms with Crippen molar-refractivity contribution in [2.24, 2.45) is 4.99 Å². The Kier molecular flexibility index (Phi) is 7.38. The number of thioether (sulfide) groups is 1. The Bertz CT molecular complexity index is 1160. The summed E-state index contributed by atoms with van der Waals surface area (Å²) < 4.78 is 26.6. The second kappa shape index (κ2) is 9.83. The van der Waals surface area contributed by atoms with Gasteiger partial charge in [0.1, 0.15) is 0 Å². The van der Waals surface area contributed by atoms with E-state index in [1.165, 1.54) is 48.0 Å². The number of hydrogen-bond donors (Lipinski definition) is 0. The minimum atomic E-state index is -3.87. The highest BCUT2D eigenvalue weighted by Gasteiger charge is 2.29. The van der Waals surface area contributed by atoms with Crippen LogP contribution in [0.25, 0.3) is 0 Å². The number of amides is 1. The molecule has 2 aromatic carbocycles. The second-order valence-electron chi connectivity index (χ2n) is 6.97. The number of aryl methyl sites for hydroxylation is 1. The number of rotatable bonds is 5. The van der Waals surface area contributed by atoms with E-state index in [1.807, 2.05) is 25.1 Å². The van der Waals surface area contributed by atoms with Crippen molar-refractivity contribution in [1.29, 1.82) is 5.26 Å². The van der Waals surface area contributed by atoms with E-state index >= 15 is 0 Å². The standard InChI is InChI=1S/C21H21ClN4O3S2/c1-15-4-7-17(12-19(15)22)24-21-26(10-3-11-30-21)20(27)14-25(2)31(28,29)18-8-5-16(13-23)6-9-18/h4-9,12H,3,10-11,14H2,1-2H3. The maximum atomic E-state index is 13.0. The molecule has 0 unspecified atom stereocenters. The minimum absolute atomic E-state index is 0.0259. The topological polar surface area (TPSA) is 93.8 Å². The van der Waals surface area contributed by atoms with E-state index in [9.17, 15) is 13.2 Å². The first-order valence-electron chi connectivity index (χ1n) is 9.47. The number of nitrogens with zero attached hydrogens (tertiary/aromatic N) is 4. The predicted octanol–water partition coefficient (Wildman–Crippen LogP) is 3.79. The lowest BCUT2D eigenvalue weighted by molar-refractivity contribution is -0.127. The first kappa shape index (κ1) is 23.3. The number of nitriles is 1. The van der Waals surface area contributed by atoms with Crippen LogP contribution in [0, 0.1) is 18.3 Å². The molecule has 1 saturated heterocycles. The summed E-state index contributed by atoms with van der Waals surface area (Å²) >= 11 is 7.63. The molecule has 7 nitrogen and oxygen atoms in total. The van der Waals surface area contributed by atoms with Gasteiger partial charge < -0.3 is 0 Å². The average molecular weight is 477 g/mol. The Morgan fingerprint density at radius 1 is 1.29 bits per heavy atom. The monoisotopic (exact) mass is 476 g/mol. The zero-order chi connectivity index (χ0) is 22.6. The first-order chi connectivity index (χ1) is 14.7. The Morgan fingerprint density at radius 3 is 2.65 bits per heavy atom. The van der Waals surface area contributed by atoms with Crippen molar-refractivity contribution in [3.63, 3.8) is 0 Å². The van der Waals surface area contributed by atoms with E-state index in [0.29, 0.717) is 28.0 Å². The molecule has 1 aliphatic rings. The number of hydrogen-bond acceptors (Lipinski definition) is 6. The molecule has 0 aliphatic carbocycles. The van der Waals surface area contributed by atoms with Crippen molar-refractivity contribution in [1.82, 2.24) is 9.21 Å². The van der Waals surface area contributed by atoms with Gasteiger partial charge in [-0.2, -0.15) is 9.57 Å². The molecule has 0 bridgehead atoms. The van der Waals surface area contributed by atoms with Gasteiger partial charge in [-0.05, 0) is 55.3 Å². The Balaban J connectivity index is 1.78. The Labute approximate surface area is 191 Å². The number of carbonyl (C=O) groups excluding carboxylic acids is 1. The van der Waals surface area contributed by atoms with Crippen LogP contribution in [0.1, 0.15) is 17.5 Å². The van der Waals surface area contributed by atoms with Gasteiger partial charge in [0.15, 0.2) is 5.17 Å². The molecule has 1 heterocycles. The molecule has 0 saturated carbocycles. The van der Waals surface area contributed by atoms with E-state index in [1.54, 1.807) is 6.07 Å². The number of carbonyl (C=O) groups is 1. The van der Waals surface area contributed by atoms with Crippen LogP contribution in [0.2, 0.25) is 5.02 Å². The highest BCUT2D eigenvalue weighted by molar-refractivity contribution is 8.13. The van der Waals surface area contributed by atoms with Crippen molar-refractivity contribution in [2.45, 2.75) is 18.2 Å². The summed E-state index contributed by atoms with van der Waals surface area (Å²) in [4.78, 5) is 19.1. The van der Waals surface area contributed by atoms with Crippen LogP contribution in [-0.2, 0) is 14.8 Å². The van der Waals surface area contributed by atoms with E-state index in [-0.39, 0.29) is 17.3 Å². The zero-order valence-electron chi connectivity index (χ0n) is 17.1. The van der Waals surface area contributed by atoms with Gasteiger partial charge in [0.2, 0.25) is 15.9 Å². The summed E-state index contributed by atoms with van der Waals surface area (Å²) in [6, 6.07) is 13.0. The van der Waals surface area contributed by atoms with E-state index in [0.717, 1.165) is 22.0 Å². The van der Waals surface area contributed by atoms with Crippen molar-refractivity contribution >= 4 is 50.1 Å². The third-order valence-corrected chi connectivity index (χ3v) is 8.01. The van der Waals surface area contributed by atoms with Crippen LogP contribution in [0.5, 0.6) is 0 Å². The van der Waals surface area contributed by atoms with Gasteiger partial charge in [-0.3, -0.25) is 9.69 Å². The van der Waals surface area contributed by atoms with Crippen LogP contribution >= 0.6 is 23.4 Å². The highest BCUT2D eigenvalue weighted by Crippen LogP contribution is 2.26. The molecule has 0 atom stereocenters. The predicted molar refractivity (Wildman–Crippen MR) is 123 cm³/mol. The smallest absolute Gasteiger partial charge is 0.243 e. The summed E-state index contributed by atoms with van der Waals surface area (Å²) in [6.45, 7) is 2.04. The Hall–Kier alpha value is -2.38. The van der Waals surface area contributed by atoms with Crippen molar-refractivity contribution in [3.05, 3.63) is 58.6 Å². The quantitative estimate of drug-likeness (QED) is 0.654. The lowest BCUT2D eigenvalue weighted by Crippen LogP contribution is -2.45. The van der Waals surface area contributed by atoms with Crippen LogP contribution in [0.4, 0.5) is 5.69 Å². The number of aliphatic imine (C=N–C) groups is 1. The first-order valence-corrected chi connectivity index (χ1v) is 12.3. The van der Waals surface area contributed by atoms with E-state index < -0.39 is 10.0 Å². The van der Waals surface area contributed by atoms with Gasteiger partial charge in [-0.25, -0.2) is 13.4 Å². The molecule has 31 heavy (non-hydrogen) atoms. The lowest BCUT2D eigenvalue weighted by Gasteiger charge is -2.29. The fourth-order valence-electron chi connectivity index (χ4n) is 2.89. The largest absolute Gasteiger partial charge is 0.290 e. The summed E-state index contributed by atoms with van der Waals surface area (Å²) in [6.07, 6.45) is 0.788. The molecule has 3 rings (SSSR count). The van der Waals surface area contributed by atoms with Crippen molar-refractivity contribution < 1.29 is 13.2 Å². The molecule has 1 amide bonds. The van der Waals surface area contributed by atoms with Gasteiger partial charge in [0, 0.05) is 24.4 Å². The van der Waals surface area contributed by atoms with Gasteiger partial charge in [0.05, 0.1) is 28.8 Å². The summed E-state index contributed by atoms with van der Waals surface area (Å²) in [5.74, 6) is 0.463. The molecule has 0 radical (unpaired) electrons. The molecule has 0 aromatic heterocycles. The molecule has 10 heteroatoms. The number of amidine groups is 1. The molecule has 1 fully saturated rings. The molecule has 1 aliphatic heterocycles. The van der Waals surface area contributed by atoms with Gasteiger partial charge in [0.25, 0.3) is 0 Å². The third kappa shape index (κ3) is 5.46. The van der Waals surface area contributed by atoms with Crippen LogP contribution in [0.3, 0.4) is 0 Å². The molecule has 0 spiro atoms. The Morgan fingerprint density at radius 2 is 2.00 bits per heavy atom. The second-order valence-corrected chi connectivity index (χ2v) is 10.5. The fraction of sp³-hybridized carbons (Fsp3) is 0.286. The molecular formula is C21H21ClN4O3S2. The van der Waals surface area contributed by atoms with Crippen molar-refractivity contribution in [3.8, 4) is 6.07 Å². The van der Waals surface area contributed by atoms with Crippen LogP contribution < -0.4 is 0 Å². The maximum absolute atomic E-state index is 13.0. The normalized spacial score (nSPS) is 15.8. The summed E-state index contributed by atoms with van der Waals surface area (Å²) in [5.41, 5.74) is 1.93. The maximum Gasteiger partial charge on any atom is 0.243 e. The highest BCUT2D eigenvalue weighted by atomic mass is 35.5. The van der Waals surface area contributed by atoms with Gasteiger partial charge in [-0.1, -0.05) is 29.4 Å². The van der Waals surface area contributed by atoms with Crippen LogP contribution in [-0.4, -0.2) is 54.6 Å². The number of benzene rings is 2. The molecule has 162 valence electrons. The summed E-state index contributed by atoms with van der Waals surface area (Å²) in [7, 11) is -2.51. The zero-order valence-corrected chi connectivity index (χ0v) is 19.5. The average Bonchev–Trinajstić information content (AvgIpc) is 2.76. The fourth-order valence-corrected chi connectivity index (χ4v) is 5.16. The van der Waals surface area contributed by atoms with Gasteiger partial charge >= 0.3 is 0 Å². The molecular weight excluding hydrogens is 456 g/mol. The number of halogens is 1. The van der Waals surface area contributed by atoms with Crippen molar-refractivity contribution in [2.75, 3.05) is 25.9 Å². The SMILES string of the molecule is Cc1ccc(N=C2SCCCN2C(=O)CN(C)S(=O)(=O)c2ccc(C#N)cc2)cc1Cl. The molecule has 0 N–H and O–H groups in total. The van der Waals surface area contributed by atoms with E-state index in [2.05, 4.69) is 4.99 Å². The molecule has 2 aromatic rings. The lowest BCUT2D eigenvalue weighted by atomic mass is 10.2. The van der Waals surface area contributed by atoms with Gasteiger partial charge in [-0.15, -0.1) is 0 Å². The summed E-state index contributed by atoms with van der Waals surface area (Å²) in [5, 5.41) is 10.0. The minimum Gasteiger partial charge on any atom is -0.290 e. The van der Waals surface area contributed by atoms with Crippen LogP contribution in [0.15, 0.2) is 52.4 Å². The third-order valence-electron chi connectivity index (χ3n) is 4.72.